The summed E-state index contributed by atoms with van der Waals surface area (Å²) < 4.78 is 2.00. The van der Waals surface area contributed by atoms with Gasteiger partial charge in [-0.25, -0.2) is 0 Å². The van der Waals surface area contributed by atoms with E-state index in [1.54, 1.807) is 12.3 Å². The van der Waals surface area contributed by atoms with Crippen molar-refractivity contribution in [2.24, 2.45) is 0 Å². The van der Waals surface area contributed by atoms with Crippen LogP contribution < -0.4 is 15.9 Å². The zero-order valence-electron chi connectivity index (χ0n) is 10.8. The second-order valence-corrected chi connectivity index (χ2v) is 4.49. The van der Waals surface area contributed by atoms with Crippen molar-refractivity contribution < 1.29 is 4.57 Å². The highest BCUT2D eigenvalue weighted by atomic mass is 16.1. The second-order valence-electron chi connectivity index (χ2n) is 4.49. The van der Waals surface area contributed by atoms with Crippen molar-refractivity contribution in [2.45, 2.75) is 0 Å². The number of pyridine rings is 2. The van der Waals surface area contributed by atoms with E-state index in [-0.39, 0.29) is 5.56 Å². The molecule has 0 aliphatic rings. The third-order valence-corrected chi connectivity index (χ3v) is 3.09. The first kappa shape index (κ1) is 12.2. The average molecular weight is 264 g/mol. The third-order valence-electron chi connectivity index (χ3n) is 3.09. The molecule has 98 valence electrons. The van der Waals surface area contributed by atoms with Gasteiger partial charge in [0.05, 0.1) is 11.3 Å². The highest BCUT2D eigenvalue weighted by Gasteiger charge is 2.16. The number of hydrogen-bond donors (Lipinski definition) is 2. The van der Waals surface area contributed by atoms with Gasteiger partial charge in [-0.2, -0.15) is 4.57 Å². The minimum absolute atomic E-state index is 0.115. The van der Waals surface area contributed by atoms with Crippen molar-refractivity contribution in [3.05, 3.63) is 77.3 Å². The number of rotatable bonds is 2. The SMILES string of the molecule is Nc1ccc(-c2ccc(=O)[nH]c2)[n+](-c2ccccc2)c1. The predicted octanol–water partition coefficient (Wildman–Crippen LogP) is 1.90. The van der Waals surface area contributed by atoms with E-state index in [4.69, 9.17) is 5.73 Å². The van der Waals surface area contributed by atoms with Crippen molar-refractivity contribution >= 4 is 5.69 Å². The molecule has 0 bridgehead atoms. The number of aromatic amines is 1. The largest absolute Gasteiger partial charge is 0.394 e. The van der Waals surface area contributed by atoms with Crippen LogP contribution in [0.15, 0.2) is 71.8 Å². The van der Waals surface area contributed by atoms with Crippen LogP contribution in [0.25, 0.3) is 16.9 Å². The number of H-pyrrole nitrogens is 1. The van der Waals surface area contributed by atoms with Crippen molar-refractivity contribution in [3.63, 3.8) is 0 Å². The van der Waals surface area contributed by atoms with Crippen LogP contribution >= 0.6 is 0 Å². The molecule has 3 rings (SSSR count). The Morgan fingerprint density at radius 1 is 0.950 bits per heavy atom. The first-order chi connectivity index (χ1) is 9.74. The van der Waals surface area contributed by atoms with Crippen LogP contribution in [0.3, 0.4) is 0 Å². The van der Waals surface area contributed by atoms with Crippen LogP contribution in [0, 0.1) is 0 Å². The van der Waals surface area contributed by atoms with Gasteiger partial charge in [-0.1, -0.05) is 18.2 Å². The van der Waals surface area contributed by atoms with Crippen molar-refractivity contribution in [3.8, 4) is 16.9 Å². The molecule has 3 aromatic rings. The lowest BCUT2D eigenvalue weighted by molar-refractivity contribution is -0.583. The predicted molar refractivity (Wildman–Crippen MR) is 78.4 cm³/mol. The van der Waals surface area contributed by atoms with E-state index in [9.17, 15) is 4.79 Å². The molecule has 20 heavy (non-hydrogen) atoms. The molecule has 0 aliphatic carbocycles. The fourth-order valence-corrected chi connectivity index (χ4v) is 2.12. The summed E-state index contributed by atoms with van der Waals surface area (Å²) >= 11 is 0. The molecular formula is C16H14N3O+. The quantitative estimate of drug-likeness (QED) is 0.694. The van der Waals surface area contributed by atoms with E-state index in [1.807, 2.05) is 53.2 Å². The van der Waals surface area contributed by atoms with Crippen molar-refractivity contribution in [2.75, 3.05) is 5.73 Å². The molecule has 0 atom stereocenters. The van der Waals surface area contributed by atoms with Gasteiger partial charge in [0, 0.05) is 30.5 Å². The number of anilines is 1. The molecule has 1 aromatic carbocycles. The van der Waals surface area contributed by atoms with Gasteiger partial charge >= 0.3 is 0 Å². The Balaban J connectivity index is 2.21. The fourth-order valence-electron chi connectivity index (χ4n) is 2.12. The third kappa shape index (κ3) is 2.31. The minimum Gasteiger partial charge on any atom is -0.394 e. The topological polar surface area (TPSA) is 62.8 Å². The lowest BCUT2D eigenvalue weighted by Crippen LogP contribution is -2.33. The van der Waals surface area contributed by atoms with E-state index in [0.29, 0.717) is 5.69 Å². The number of aromatic nitrogens is 2. The van der Waals surface area contributed by atoms with E-state index in [1.165, 1.54) is 6.07 Å². The Kier molecular flexibility index (Phi) is 3.05. The Morgan fingerprint density at radius 3 is 2.45 bits per heavy atom. The first-order valence-electron chi connectivity index (χ1n) is 6.30. The Hall–Kier alpha value is -2.88. The summed E-state index contributed by atoms with van der Waals surface area (Å²) in [6.45, 7) is 0. The summed E-state index contributed by atoms with van der Waals surface area (Å²) in [6, 6.07) is 17.0. The fraction of sp³-hybridized carbons (Fsp3) is 0. The maximum absolute atomic E-state index is 11.2. The van der Waals surface area contributed by atoms with Gasteiger partial charge in [0.2, 0.25) is 16.9 Å². The summed E-state index contributed by atoms with van der Waals surface area (Å²) in [5.41, 5.74) is 9.35. The highest BCUT2D eigenvalue weighted by Crippen LogP contribution is 2.16. The van der Waals surface area contributed by atoms with Gasteiger partial charge in [-0.3, -0.25) is 4.79 Å². The zero-order chi connectivity index (χ0) is 13.9. The number of benzene rings is 1. The van der Waals surface area contributed by atoms with Crippen LogP contribution in [0.2, 0.25) is 0 Å². The van der Waals surface area contributed by atoms with Crippen LogP contribution in [0.4, 0.5) is 5.69 Å². The van der Waals surface area contributed by atoms with Gasteiger partial charge in [-0.15, -0.1) is 0 Å². The average Bonchev–Trinajstić information content (AvgIpc) is 2.49. The molecule has 0 radical (unpaired) electrons. The number of hydrogen-bond acceptors (Lipinski definition) is 2. The lowest BCUT2D eigenvalue weighted by atomic mass is 10.1. The second kappa shape index (κ2) is 5.01. The molecule has 4 heteroatoms. The molecule has 0 saturated carbocycles. The number of nitrogens with two attached hydrogens (primary N) is 1. The van der Waals surface area contributed by atoms with E-state index >= 15 is 0 Å². The molecule has 2 heterocycles. The van der Waals surface area contributed by atoms with Crippen LogP contribution in [-0.2, 0) is 0 Å². The molecule has 0 unspecified atom stereocenters. The standard InChI is InChI=1S/C16H13N3O/c17-13-7-8-15(12-6-9-16(20)18-10-12)19(11-13)14-4-2-1-3-5-14/h1-11H,17H2/p+1. The maximum Gasteiger partial charge on any atom is 0.247 e. The Bertz CT molecular complexity index is 774. The molecule has 0 fully saturated rings. The normalized spacial score (nSPS) is 10.4. The van der Waals surface area contributed by atoms with Gasteiger partial charge in [-0.05, 0) is 12.1 Å². The molecule has 0 spiro atoms. The summed E-state index contributed by atoms with van der Waals surface area (Å²) in [7, 11) is 0. The van der Waals surface area contributed by atoms with E-state index in [0.717, 1.165) is 16.9 Å². The monoisotopic (exact) mass is 264 g/mol. The molecule has 0 aliphatic heterocycles. The van der Waals surface area contributed by atoms with Crippen LogP contribution in [0.5, 0.6) is 0 Å². The van der Waals surface area contributed by atoms with Crippen molar-refractivity contribution in [1.82, 2.24) is 4.98 Å². The minimum atomic E-state index is -0.115. The zero-order valence-corrected chi connectivity index (χ0v) is 10.8. The molecule has 3 N–H and O–H groups in total. The highest BCUT2D eigenvalue weighted by molar-refractivity contribution is 5.56. The maximum atomic E-state index is 11.2. The van der Waals surface area contributed by atoms with Gasteiger partial charge in [0.1, 0.15) is 0 Å². The summed E-state index contributed by atoms with van der Waals surface area (Å²) in [6.07, 6.45) is 3.57. The molecule has 2 aromatic heterocycles. The molecule has 4 nitrogen and oxygen atoms in total. The summed E-state index contributed by atoms with van der Waals surface area (Å²) in [4.78, 5) is 13.9. The van der Waals surface area contributed by atoms with Gasteiger partial charge in [0.15, 0.2) is 6.20 Å². The number of para-hydroxylation sites is 1. The summed E-state index contributed by atoms with van der Waals surface area (Å²) in [5.74, 6) is 0. The lowest BCUT2D eigenvalue weighted by Gasteiger charge is -2.04. The number of nitrogens with one attached hydrogen (secondary N) is 1. The number of nitrogen functional groups attached to an aromatic ring is 1. The molecule has 0 amide bonds. The van der Waals surface area contributed by atoms with E-state index < -0.39 is 0 Å². The Morgan fingerprint density at radius 2 is 1.75 bits per heavy atom. The molecule has 0 saturated heterocycles. The van der Waals surface area contributed by atoms with E-state index in [2.05, 4.69) is 4.98 Å². The van der Waals surface area contributed by atoms with Gasteiger partial charge in [0.25, 0.3) is 0 Å². The smallest absolute Gasteiger partial charge is 0.247 e. The van der Waals surface area contributed by atoms with Crippen molar-refractivity contribution in [1.29, 1.82) is 0 Å². The van der Waals surface area contributed by atoms with Gasteiger partial charge < -0.3 is 10.7 Å². The van der Waals surface area contributed by atoms with Crippen LogP contribution in [0.1, 0.15) is 0 Å². The Labute approximate surface area is 116 Å². The summed E-state index contributed by atoms with van der Waals surface area (Å²) in [5, 5.41) is 0. The number of nitrogens with zero attached hydrogens (tertiary/aromatic N) is 1. The van der Waals surface area contributed by atoms with Crippen LogP contribution in [-0.4, -0.2) is 4.98 Å². The molecular weight excluding hydrogens is 250 g/mol. The first-order valence-corrected chi connectivity index (χ1v) is 6.30.